The van der Waals surface area contributed by atoms with Crippen molar-refractivity contribution in [3.63, 3.8) is 0 Å². The van der Waals surface area contributed by atoms with Gasteiger partial charge in [-0.1, -0.05) is 13.8 Å². The Morgan fingerprint density at radius 1 is 1.17 bits per heavy atom. The molecule has 1 atom stereocenters. The quantitative estimate of drug-likeness (QED) is 0.490. The van der Waals surface area contributed by atoms with E-state index in [-0.39, 0.29) is 6.29 Å². The van der Waals surface area contributed by atoms with Gasteiger partial charge in [0.05, 0.1) is 0 Å². The zero-order valence-corrected chi connectivity index (χ0v) is 10.2. The van der Waals surface area contributed by atoms with E-state index in [1.54, 1.807) is 0 Å². The van der Waals surface area contributed by atoms with E-state index in [4.69, 9.17) is 9.16 Å². The van der Waals surface area contributed by atoms with Gasteiger partial charge in [0.2, 0.25) is 0 Å². The Morgan fingerprint density at radius 2 is 1.67 bits per heavy atom. The topological polar surface area (TPSA) is 18.5 Å². The highest BCUT2D eigenvalue weighted by atomic mass is 28.4. The Labute approximate surface area is 77.4 Å². The van der Waals surface area contributed by atoms with E-state index >= 15 is 0 Å². The number of hydrogen-bond donors (Lipinski definition) is 0. The zero-order chi connectivity index (χ0) is 9.78. The van der Waals surface area contributed by atoms with Gasteiger partial charge < -0.3 is 9.16 Å². The van der Waals surface area contributed by atoms with Crippen LogP contribution in [0.1, 0.15) is 20.8 Å². The maximum Gasteiger partial charge on any atom is 0.187 e. The van der Waals surface area contributed by atoms with Crippen molar-refractivity contribution in [2.24, 2.45) is 5.92 Å². The summed E-state index contributed by atoms with van der Waals surface area (Å²) < 4.78 is 11.3. The Balaban J connectivity index is 3.95. The molecular weight excluding hydrogens is 168 g/mol. The highest BCUT2D eigenvalue weighted by Crippen LogP contribution is 2.14. The van der Waals surface area contributed by atoms with Crippen LogP contribution in [0, 0.1) is 5.92 Å². The predicted octanol–water partition coefficient (Wildman–Crippen LogP) is 2.86. The lowest BCUT2D eigenvalue weighted by Crippen LogP contribution is -2.36. The molecule has 2 nitrogen and oxygen atoms in total. The van der Waals surface area contributed by atoms with Crippen molar-refractivity contribution >= 4 is 8.32 Å². The second-order valence-corrected chi connectivity index (χ2v) is 8.76. The second-order valence-electron chi connectivity index (χ2n) is 4.30. The van der Waals surface area contributed by atoms with E-state index in [1.807, 2.05) is 6.92 Å². The molecule has 0 aliphatic heterocycles. The Kier molecular flexibility index (Phi) is 5.05. The summed E-state index contributed by atoms with van der Waals surface area (Å²) in [6.07, 6.45) is -0.0123. The molecule has 0 saturated heterocycles. The summed E-state index contributed by atoms with van der Waals surface area (Å²) in [5.41, 5.74) is 0. The van der Waals surface area contributed by atoms with Gasteiger partial charge in [0.15, 0.2) is 8.32 Å². The molecule has 0 N–H and O–H groups in total. The largest absolute Gasteiger partial charge is 0.393 e. The molecule has 0 aliphatic carbocycles. The lowest BCUT2D eigenvalue weighted by Gasteiger charge is -2.28. The molecular formula is C9H22O2Si. The molecule has 0 amide bonds. The molecule has 0 spiro atoms. The van der Waals surface area contributed by atoms with E-state index < -0.39 is 8.32 Å². The monoisotopic (exact) mass is 190 g/mol. The first-order valence-electron chi connectivity index (χ1n) is 4.66. The second kappa shape index (κ2) is 4.99. The normalized spacial score (nSPS) is 15.2. The molecule has 0 radical (unpaired) electrons. The number of hydrogen-bond acceptors (Lipinski definition) is 2. The van der Waals surface area contributed by atoms with Crippen LogP contribution in [-0.2, 0) is 9.16 Å². The smallest absolute Gasteiger partial charge is 0.187 e. The molecule has 1 unspecified atom stereocenters. The van der Waals surface area contributed by atoms with Crippen LogP contribution in [0.5, 0.6) is 0 Å². The van der Waals surface area contributed by atoms with Gasteiger partial charge in [0, 0.05) is 12.5 Å². The molecule has 3 heteroatoms. The molecule has 0 saturated carbocycles. The minimum atomic E-state index is -1.45. The Hall–Kier alpha value is 0.137. The standard InChI is InChI=1S/C9H22O2Si/c1-7-10-9(8(2)3)11-12(4,5)6/h8-9H,7H2,1-6H3. The minimum Gasteiger partial charge on any atom is -0.393 e. The summed E-state index contributed by atoms with van der Waals surface area (Å²) in [7, 11) is -1.45. The fraction of sp³-hybridized carbons (Fsp3) is 1.00. The lowest BCUT2D eigenvalue weighted by molar-refractivity contribution is -0.108. The average molecular weight is 190 g/mol. The van der Waals surface area contributed by atoms with E-state index in [2.05, 4.69) is 33.5 Å². The molecule has 0 rings (SSSR count). The fourth-order valence-electron chi connectivity index (χ4n) is 0.875. The fourth-order valence-corrected chi connectivity index (χ4v) is 1.91. The van der Waals surface area contributed by atoms with Crippen LogP contribution in [0.2, 0.25) is 19.6 Å². The van der Waals surface area contributed by atoms with Crippen molar-refractivity contribution in [3.8, 4) is 0 Å². The Bertz CT molecular complexity index is 118. The summed E-state index contributed by atoms with van der Waals surface area (Å²) >= 11 is 0. The first-order chi connectivity index (χ1) is 5.37. The average Bonchev–Trinajstić information content (AvgIpc) is 1.83. The third-order valence-corrected chi connectivity index (χ3v) is 2.28. The van der Waals surface area contributed by atoms with E-state index in [9.17, 15) is 0 Å². The zero-order valence-electron chi connectivity index (χ0n) is 9.18. The van der Waals surface area contributed by atoms with Gasteiger partial charge >= 0.3 is 0 Å². The number of ether oxygens (including phenoxy) is 1. The molecule has 0 fully saturated rings. The molecule has 0 aliphatic rings. The first kappa shape index (κ1) is 12.1. The minimum absolute atomic E-state index is 0.0123. The van der Waals surface area contributed by atoms with Crippen molar-refractivity contribution < 1.29 is 9.16 Å². The summed E-state index contributed by atoms with van der Waals surface area (Å²) in [6.45, 7) is 13.5. The van der Waals surface area contributed by atoms with Crippen LogP contribution in [-0.4, -0.2) is 21.2 Å². The van der Waals surface area contributed by atoms with Crippen molar-refractivity contribution in [2.75, 3.05) is 6.61 Å². The third kappa shape index (κ3) is 5.74. The van der Waals surface area contributed by atoms with Crippen molar-refractivity contribution in [2.45, 2.75) is 46.7 Å². The molecule has 0 aromatic carbocycles. The van der Waals surface area contributed by atoms with E-state index in [1.165, 1.54) is 0 Å². The van der Waals surface area contributed by atoms with Crippen LogP contribution in [0.15, 0.2) is 0 Å². The summed E-state index contributed by atoms with van der Waals surface area (Å²) in [4.78, 5) is 0. The summed E-state index contributed by atoms with van der Waals surface area (Å²) in [6, 6.07) is 0. The SMILES string of the molecule is CCOC(O[Si](C)(C)C)C(C)C. The maximum absolute atomic E-state index is 5.86. The van der Waals surface area contributed by atoms with Gasteiger partial charge in [0.25, 0.3) is 0 Å². The Morgan fingerprint density at radius 3 is 1.92 bits per heavy atom. The molecule has 0 heterocycles. The molecule has 0 aromatic heterocycles. The van der Waals surface area contributed by atoms with Crippen LogP contribution in [0.3, 0.4) is 0 Å². The van der Waals surface area contributed by atoms with E-state index in [0.29, 0.717) is 5.92 Å². The van der Waals surface area contributed by atoms with Crippen LogP contribution < -0.4 is 0 Å². The molecule has 74 valence electrons. The van der Waals surface area contributed by atoms with Gasteiger partial charge in [-0.25, -0.2) is 0 Å². The highest BCUT2D eigenvalue weighted by Gasteiger charge is 2.23. The lowest BCUT2D eigenvalue weighted by atomic mass is 10.2. The maximum atomic E-state index is 5.86. The van der Waals surface area contributed by atoms with Crippen molar-refractivity contribution in [3.05, 3.63) is 0 Å². The first-order valence-corrected chi connectivity index (χ1v) is 8.07. The molecule has 0 bridgehead atoms. The molecule has 0 aromatic rings. The van der Waals surface area contributed by atoms with E-state index in [0.717, 1.165) is 6.61 Å². The van der Waals surface area contributed by atoms with Crippen LogP contribution in [0.25, 0.3) is 0 Å². The van der Waals surface area contributed by atoms with Crippen molar-refractivity contribution in [1.82, 2.24) is 0 Å². The van der Waals surface area contributed by atoms with Gasteiger partial charge in [-0.15, -0.1) is 0 Å². The summed E-state index contributed by atoms with van der Waals surface area (Å²) in [5.74, 6) is 0.441. The third-order valence-electron chi connectivity index (χ3n) is 1.34. The van der Waals surface area contributed by atoms with Crippen LogP contribution >= 0.6 is 0 Å². The predicted molar refractivity (Wildman–Crippen MR) is 54.7 cm³/mol. The van der Waals surface area contributed by atoms with Gasteiger partial charge in [0.1, 0.15) is 6.29 Å². The number of rotatable bonds is 5. The highest BCUT2D eigenvalue weighted by molar-refractivity contribution is 6.69. The van der Waals surface area contributed by atoms with Gasteiger partial charge in [-0.3, -0.25) is 0 Å². The van der Waals surface area contributed by atoms with Gasteiger partial charge in [-0.05, 0) is 26.6 Å². The molecule has 12 heavy (non-hydrogen) atoms. The van der Waals surface area contributed by atoms with Crippen molar-refractivity contribution in [1.29, 1.82) is 0 Å². The van der Waals surface area contributed by atoms with Crippen LogP contribution in [0.4, 0.5) is 0 Å². The summed E-state index contributed by atoms with van der Waals surface area (Å²) in [5, 5.41) is 0. The van der Waals surface area contributed by atoms with Gasteiger partial charge in [-0.2, -0.15) is 0 Å².